The van der Waals surface area contributed by atoms with Crippen molar-refractivity contribution in [2.45, 2.75) is 25.9 Å². The quantitative estimate of drug-likeness (QED) is 0.776. The number of urea groups is 1. The van der Waals surface area contributed by atoms with Crippen LogP contribution in [-0.4, -0.2) is 29.8 Å². The molecule has 20 heavy (non-hydrogen) atoms. The summed E-state index contributed by atoms with van der Waals surface area (Å²) in [6.45, 7) is 2.32. The van der Waals surface area contributed by atoms with Gasteiger partial charge in [-0.1, -0.05) is 15.9 Å². The maximum atomic E-state index is 11.6. The number of hydrogen-bond acceptors (Lipinski definition) is 3. The maximum absolute atomic E-state index is 11.6. The van der Waals surface area contributed by atoms with Gasteiger partial charge >= 0.3 is 12.0 Å². The van der Waals surface area contributed by atoms with Crippen molar-refractivity contribution in [3.05, 3.63) is 27.7 Å². The highest BCUT2D eigenvalue weighted by molar-refractivity contribution is 9.10. The van der Waals surface area contributed by atoms with E-state index in [-0.39, 0.29) is 6.54 Å². The minimum Gasteiger partial charge on any atom is -0.493 e. The predicted molar refractivity (Wildman–Crippen MR) is 75.8 cm³/mol. The van der Waals surface area contributed by atoms with E-state index in [9.17, 15) is 9.59 Å². The Balaban J connectivity index is 1.98. The van der Waals surface area contributed by atoms with E-state index in [1.165, 1.54) is 6.92 Å². The molecule has 2 rings (SSSR count). The van der Waals surface area contributed by atoms with Crippen LogP contribution in [-0.2, 0) is 17.8 Å². The summed E-state index contributed by atoms with van der Waals surface area (Å²) in [4.78, 5) is 22.2. The second-order valence-electron chi connectivity index (χ2n) is 4.54. The van der Waals surface area contributed by atoms with Crippen LogP contribution in [0.25, 0.3) is 0 Å². The van der Waals surface area contributed by atoms with E-state index in [1.807, 2.05) is 12.1 Å². The Morgan fingerprint density at radius 2 is 2.25 bits per heavy atom. The summed E-state index contributed by atoms with van der Waals surface area (Å²) >= 11 is 3.42. The minimum atomic E-state index is -1.08. The second-order valence-corrected chi connectivity index (χ2v) is 5.45. The van der Waals surface area contributed by atoms with Crippen LogP contribution in [0.1, 0.15) is 18.1 Å². The summed E-state index contributed by atoms with van der Waals surface area (Å²) in [7, 11) is 0. The number of hydrogen-bond donors (Lipinski definition) is 3. The van der Waals surface area contributed by atoms with Crippen molar-refractivity contribution in [3.8, 4) is 5.75 Å². The van der Waals surface area contributed by atoms with Crippen molar-refractivity contribution >= 4 is 27.9 Å². The SMILES string of the molecule is C[C@H](NC(=O)NCc1cc(Br)cc2c1OCC2)C(=O)O. The zero-order valence-corrected chi connectivity index (χ0v) is 12.5. The van der Waals surface area contributed by atoms with E-state index in [2.05, 4.69) is 26.6 Å². The molecule has 0 aliphatic carbocycles. The predicted octanol–water partition coefficient (Wildman–Crippen LogP) is 1.66. The number of rotatable bonds is 4. The Kier molecular flexibility index (Phi) is 4.49. The van der Waals surface area contributed by atoms with Gasteiger partial charge in [0.25, 0.3) is 0 Å². The Hall–Kier alpha value is -1.76. The van der Waals surface area contributed by atoms with Gasteiger partial charge in [-0.15, -0.1) is 0 Å². The van der Waals surface area contributed by atoms with Crippen LogP contribution in [0.2, 0.25) is 0 Å². The number of carbonyl (C=O) groups excluding carboxylic acids is 1. The van der Waals surface area contributed by atoms with Gasteiger partial charge in [0.05, 0.1) is 6.61 Å². The van der Waals surface area contributed by atoms with Crippen LogP contribution in [0.4, 0.5) is 4.79 Å². The third-order valence-corrected chi connectivity index (χ3v) is 3.44. The molecule has 3 N–H and O–H groups in total. The second kappa shape index (κ2) is 6.13. The van der Waals surface area contributed by atoms with Gasteiger partial charge in [0.2, 0.25) is 0 Å². The van der Waals surface area contributed by atoms with Crippen molar-refractivity contribution < 1.29 is 19.4 Å². The molecule has 1 aromatic carbocycles. The normalized spacial score (nSPS) is 14.1. The van der Waals surface area contributed by atoms with Crippen LogP contribution >= 0.6 is 15.9 Å². The number of carboxylic acid groups (broad SMARTS) is 1. The molecule has 1 aliphatic rings. The highest BCUT2D eigenvalue weighted by Crippen LogP contribution is 2.32. The van der Waals surface area contributed by atoms with E-state index < -0.39 is 18.0 Å². The van der Waals surface area contributed by atoms with Gasteiger partial charge < -0.3 is 20.5 Å². The van der Waals surface area contributed by atoms with Crippen molar-refractivity contribution in [1.29, 1.82) is 0 Å². The zero-order chi connectivity index (χ0) is 14.7. The van der Waals surface area contributed by atoms with Gasteiger partial charge in [0.15, 0.2) is 0 Å². The lowest BCUT2D eigenvalue weighted by molar-refractivity contribution is -0.138. The van der Waals surface area contributed by atoms with Crippen LogP contribution < -0.4 is 15.4 Å². The highest BCUT2D eigenvalue weighted by atomic mass is 79.9. The molecule has 0 unspecified atom stereocenters. The molecule has 0 saturated carbocycles. The maximum Gasteiger partial charge on any atom is 0.325 e. The third-order valence-electron chi connectivity index (χ3n) is 2.98. The largest absolute Gasteiger partial charge is 0.493 e. The van der Waals surface area contributed by atoms with E-state index in [4.69, 9.17) is 9.84 Å². The fourth-order valence-corrected chi connectivity index (χ4v) is 2.51. The van der Waals surface area contributed by atoms with Crippen LogP contribution in [0, 0.1) is 0 Å². The van der Waals surface area contributed by atoms with E-state index in [0.717, 1.165) is 27.8 Å². The Labute approximate surface area is 124 Å². The number of carboxylic acids is 1. The number of ether oxygens (including phenoxy) is 1. The van der Waals surface area contributed by atoms with E-state index in [0.29, 0.717) is 6.61 Å². The number of carbonyl (C=O) groups is 2. The first-order chi connectivity index (χ1) is 9.47. The molecule has 7 heteroatoms. The van der Waals surface area contributed by atoms with Crippen LogP contribution in [0.5, 0.6) is 5.75 Å². The van der Waals surface area contributed by atoms with Crippen molar-refractivity contribution in [2.75, 3.05) is 6.61 Å². The molecule has 108 valence electrons. The summed E-state index contributed by atoms with van der Waals surface area (Å²) in [6, 6.07) is 2.43. The number of halogens is 1. The average molecular weight is 343 g/mol. The lowest BCUT2D eigenvalue weighted by Crippen LogP contribution is -2.44. The smallest absolute Gasteiger partial charge is 0.325 e. The Morgan fingerprint density at radius 3 is 2.95 bits per heavy atom. The van der Waals surface area contributed by atoms with Gasteiger partial charge in [-0.25, -0.2) is 4.79 Å². The molecule has 0 fully saturated rings. The van der Waals surface area contributed by atoms with Gasteiger partial charge in [0, 0.05) is 23.0 Å². The summed E-state index contributed by atoms with van der Waals surface area (Å²) < 4.78 is 6.48. The lowest BCUT2D eigenvalue weighted by Gasteiger charge is -2.13. The number of amides is 2. The van der Waals surface area contributed by atoms with Gasteiger partial charge in [-0.2, -0.15) is 0 Å². The summed E-state index contributed by atoms with van der Waals surface area (Å²) in [5.74, 6) is -0.272. The fourth-order valence-electron chi connectivity index (χ4n) is 1.96. The highest BCUT2D eigenvalue weighted by Gasteiger charge is 2.18. The van der Waals surface area contributed by atoms with Crippen molar-refractivity contribution in [2.24, 2.45) is 0 Å². The standard InChI is InChI=1S/C13H15BrN2O4/c1-7(12(17)18)16-13(19)15-6-9-5-10(14)4-8-2-3-20-11(8)9/h4-5,7H,2-3,6H2,1H3,(H,17,18)(H2,15,16,19)/t7-/m0/s1. The monoisotopic (exact) mass is 342 g/mol. The molecule has 1 atom stereocenters. The van der Waals surface area contributed by atoms with E-state index >= 15 is 0 Å². The molecule has 0 bridgehead atoms. The summed E-state index contributed by atoms with van der Waals surface area (Å²) in [5, 5.41) is 13.7. The molecule has 0 saturated heterocycles. The number of nitrogens with one attached hydrogen (secondary N) is 2. The molecule has 0 spiro atoms. The molecule has 0 radical (unpaired) electrons. The molecular weight excluding hydrogens is 328 g/mol. The van der Waals surface area contributed by atoms with E-state index in [1.54, 1.807) is 0 Å². The topological polar surface area (TPSA) is 87.7 Å². The summed E-state index contributed by atoms with van der Waals surface area (Å²) in [5.41, 5.74) is 1.97. The van der Waals surface area contributed by atoms with Crippen LogP contribution in [0.3, 0.4) is 0 Å². The Morgan fingerprint density at radius 1 is 1.50 bits per heavy atom. The van der Waals surface area contributed by atoms with Crippen LogP contribution in [0.15, 0.2) is 16.6 Å². The molecule has 1 aromatic rings. The van der Waals surface area contributed by atoms with Gasteiger partial charge in [0.1, 0.15) is 11.8 Å². The number of aliphatic carboxylic acids is 1. The average Bonchev–Trinajstić information content (AvgIpc) is 2.83. The fraction of sp³-hybridized carbons (Fsp3) is 0.385. The number of fused-ring (bicyclic) bond motifs is 1. The zero-order valence-electron chi connectivity index (χ0n) is 10.9. The first-order valence-electron chi connectivity index (χ1n) is 6.18. The molecule has 6 nitrogen and oxygen atoms in total. The minimum absolute atomic E-state index is 0.278. The lowest BCUT2D eigenvalue weighted by atomic mass is 10.1. The summed E-state index contributed by atoms with van der Waals surface area (Å²) in [6.07, 6.45) is 0.851. The molecule has 2 amide bonds. The Bertz CT molecular complexity index is 547. The van der Waals surface area contributed by atoms with Gasteiger partial charge in [-0.05, 0) is 24.6 Å². The molecule has 0 aromatic heterocycles. The molecular formula is C13H15BrN2O4. The third kappa shape index (κ3) is 3.41. The molecule has 1 aliphatic heterocycles. The van der Waals surface area contributed by atoms with Gasteiger partial charge in [-0.3, -0.25) is 4.79 Å². The molecule has 1 heterocycles. The first kappa shape index (κ1) is 14.6. The number of benzene rings is 1. The van der Waals surface area contributed by atoms with Crippen molar-refractivity contribution in [3.63, 3.8) is 0 Å². The van der Waals surface area contributed by atoms with Crippen molar-refractivity contribution in [1.82, 2.24) is 10.6 Å². The first-order valence-corrected chi connectivity index (χ1v) is 6.98.